The van der Waals surface area contributed by atoms with Crippen molar-refractivity contribution in [3.05, 3.63) is 53.3 Å². The van der Waals surface area contributed by atoms with E-state index in [4.69, 9.17) is 24.6 Å². The molecule has 0 saturated heterocycles. The normalized spacial score (nSPS) is 13.4. The lowest BCUT2D eigenvalue weighted by Gasteiger charge is -2.19. The maximum absolute atomic E-state index is 13.2. The Hall–Kier alpha value is -4.01. The molecule has 10 nitrogen and oxygen atoms in total. The van der Waals surface area contributed by atoms with Crippen LogP contribution in [0, 0.1) is 22.7 Å². The van der Waals surface area contributed by atoms with Crippen molar-refractivity contribution in [3.63, 3.8) is 0 Å². The van der Waals surface area contributed by atoms with Gasteiger partial charge in [0.1, 0.15) is 30.0 Å². The van der Waals surface area contributed by atoms with Crippen molar-refractivity contribution in [1.29, 1.82) is 10.7 Å². The van der Waals surface area contributed by atoms with Crippen LogP contribution >= 0.6 is 0 Å². The minimum Gasteiger partial charge on any atom is -0.492 e. The van der Waals surface area contributed by atoms with E-state index in [1.165, 1.54) is 0 Å². The largest absolute Gasteiger partial charge is 0.492 e. The minimum atomic E-state index is -1.29. The number of fused-ring (bicyclic) bond motifs is 1. The molecule has 2 aromatic carbocycles. The Labute approximate surface area is 260 Å². The van der Waals surface area contributed by atoms with Gasteiger partial charge >= 0.3 is 5.97 Å². The van der Waals surface area contributed by atoms with Crippen LogP contribution in [0.4, 0.5) is 5.69 Å². The summed E-state index contributed by atoms with van der Waals surface area (Å²) in [5, 5.41) is 21.5. The number of ketones is 1. The van der Waals surface area contributed by atoms with Gasteiger partial charge in [0.25, 0.3) is 0 Å². The van der Waals surface area contributed by atoms with Crippen molar-refractivity contribution in [2.75, 3.05) is 18.5 Å². The van der Waals surface area contributed by atoms with E-state index >= 15 is 0 Å². The van der Waals surface area contributed by atoms with E-state index in [0.29, 0.717) is 47.5 Å². The molecule has 1 aromatic heterocycles. The smallest absolute Gasteiger partial charge is 0.312 e. The van der Waals surface area contributed by atoms with Gasteiger partial charge in [0.05, 0.1) is 41.9 Å². The molecule has 1 aliphatic rings. The monoisotopic (exact) mass is 617 g/mol. The molecule has 2 N–H and O–H groups in total. The van der Waals surface area contributed by atoms with Crippen LogP contribution in [0.25, 0.3) is 11.0 Å². The standard InChI is InChI=1S/C33H43N5O5Si/c1-33(2,3)43-31(39)16-25(35)32(40)24-9-7-8-10-26(24)36-19-30-37-27-17-29(42-20-22-11-12-22)23(18-34)15-28(27)38(30)21-41-13-14-44(4,5)6/h7-10,15,17,22,35-36H,11-14,16,19-21H2,1-6H3. The fraction of sp³-hybridized carbons (Fsp3) is 0.485. The van der Waals surface area contributed by atoms with E-state index < -0.39 is 31.8 Å². The lowest BCUT2D eigenvalue weighted by molar-refractivity contribution is -0.153. The van der Waals surface area contributed by atoms with Gasteiger partial charge in [0.15, 0.2) is 0 Å². The Kier molecular flexibility index (Phi) is 10.3. The van der Waals surface area contributed by atoms with Gasteiger partial charge in [-0.3, -0.25) is 9.59 Å². The molecule has 0 radical (unpaired) electrons. The van der Waals surface area contributed by atoms with E-state index in [9.17, 15) is 14.9 Å². The molecule has 1 aliphatic carbocycles. The fourth-order valence-corrected chi connectivity index (χ4v) is 5.25. The first-order chi connectivity index (χ1) is 20.7. The number of hydrogen-bond acceptors (Lipinski definition) is 9. The predicted octanol–water partition coefficient (Wildman–Crippen LogP) is 6.56. The number of carbonyl (C=O) groups excluding carboxylic acids is 2. The Morgan fingerprint density at radius 2 is 1.91 bits per heavy atom. The molecule has 1 saturated carbocycles. The maximum Gasteiger partial charge on any atom is 0.312 e. The van der Waals surface area contributed by atoms with Crippen molar-refractivity contribution in [2.45, 2.75) is 84.6 Å². The average Bonchev–Trinajstić information content (AvgIpc) is 3.71. The van der Waals surface area contributed by atoms with Crippen molar-refractivity contribution in [1.82, 2.24) is 9.55 Å². The molecule has 0 amide bonds. The summed E-state index contributed by atoms with van der Waals surface area (Å²) in [6.07, 6.45) is 1.88. The van der Waals surface area contributed by atoms with Crippen LogP contribution in [-0.4, -0.2) is 53.9 Å². The predicted molar refractivity (Wildman–Crippen MR) is 173 cm³/mol. The van der Waals surface area contributed by atoms with E-state index in [1.54, 1.807) is 51.1 Å². The number of nitrogens with zero attached hydrogens (tertiary/aromatic N) is 3. The Bertz CT molecular complexity index is 1570. The van der Waals surface area contributed by atoms with Crippen molar-refractivity contribution < 1.29 is 23.8 Å². The van der Waals surface area contributed by atoms with Crippen LogP contribution in [0.5, 0.6) is 5.75 Å². The summed E-state index contributed by atoms with van der Waals surface area (Å²) in [4.78, 5) is 30.3. The van der Waals surface area contributed by atoms with Crippen LogP contribution in [0.3, 0.4) is 0 Å². The van der Waals surface area contributed by atoms with Crippen LogP contribution in [0.2, 0.25) is 25.7 Å². The molecule has 11 heteroatoms. The average molecular weight is 618 g/mol. The molecule has 0 atom stereocenters. The lowest BCUT2D eigenvalue weighted by atomic mass is 10.0. The first-order valence-electron chi connectivity index (χ1n) is 15.0. The SMILES string of the molecule is CC(C)(C)OC(=O)CC(=N)C(=O)c1ccccc1NCc1nc2cc(OCC3CC3)c(C#N)cc2n1COCC[Si](C)(C)C. The second-order valence-corrected chi connectivity index (χ2v) is 19.1. The first-order valence-corrected chi connectivity index (χ1v) is 18.8. The quantitative estimate of drug-likeness (QED) is 0.0643. The summed E-state index contributed by atoms with van der Waals surface area (Å²) in [5.74, 6) is 0.541. The molecule has 3 aromatic rings. The molecule has 0 aliphatic heterocycles. The number of esters is 1. The van der Waals surface area contributed by atoms with Crippen molar-refractivity contribution >= 4 is 42.3 Å². The van der Waals surface area contributed by atoms with Gasteiger partial charge in [0.2, 0.25) is 5.78 Å². The molecule has 44 heavy (non-hydrogen) atoms. The molecule has 0 spiro atoms. The number of Topliss-reactive ketones (excluding diaryl/α,β-unsaturated/α-hetero) is 1. The van der Waals surface area contributed by atoms with Gasteiger partial charge in [-0.05, 0) is 63.8 Å². The van der Waals surface area contributed by atoms with Crippen molar-refractivity contribution in [2.24, 2.45) is 5.92 Å². The zero-order chi connectivity index (χ0) is 32.1. The number of ether oxygens (including phenoxy) is 3. The summed E-state index contributed by atoms with van der Waals surface area (Å²) in [6.45, 7) is 13.8. The second-order valence-electron chi connectivity index (χ2n) is 13.5. The number of rotatable bonds is 15. The number of carbonyl (C=O) groups is 2. The summed E-state index contributed by atoms with van der Waals surface area (Å²) in [5.41, 5.74) is 1.62. The van der Waals surface area contributed by atoms with Crippen LogP contribution in [0.15, 0.2) is 36.4 Å². The highest BCUT2D eigenvalue weighted by atomic mass is 28.3. The highest BCUT2D eigenvalue weighted by Gasteiger charge is 2.25. The van der Waals surface area contributed by atoms with Crippen LogP contribution in [0.1, 0.15) is 61.8 Å². The van der Waals surface area contributed by atoms with E-state index in [2.05, 4.69) is 31.0 Å². The number of imidazole rings is 1. The summed E-state index contributed by atoms with van der Waals surface area (Å²) in [6, 6.07) is 13.8. The maximum atomic E-state index is 13.2. The molecule has 1 heterocycles. The number of hydrogen-bond donors (Lipinski definition) is 2. The molecule has 4 rings (SSSR count). The summed E-state index contributed by atoms with van der Waals surface area (Å²) >= 11 is 0. The number of nitrogens with one attached hydrogen (secondary N) is 2. The minimum absolute atomic E-state index is 0.246. The fourth-order valence-electron chi connectivity index (χ4n) is 4.49. The van der Waals surface area contributed by atoms with Gasteiger partial charge in [-0.2, -0.15) is 5.26 Å². The number of aromatic nitrogens is 2. The molecule has 234 valence electrons. The van der Waals surface area contributed by atoms with Crippen LogP contribution < -0.4 is 10.1 Å². The van der Waals surface area contributed by atoms with Gasteiger partial charge in [-0.25, -0.2) is 4.98 Å². The summed E-state index contributed by atoms with van der Waals surface area (Å²) < 4.78 is 19.3. The zero-order valence-corrected chi connectivity index (χ0v) is 27.6. The lowest BCUT2D eigenvalue weighted by Crippen LogP contribution is -2.27. The number of nitriles is 1. The Balaban J connectivity index is 1.57. The molecule has 0 bridgehead atoms. The third-order valence-corrected chi connectivity index (χ3v) is 8.77. The Morgan fingerprint density at radius 1 is 1.18 bits per heavy atom. The molecule has 1 fully saturated rings. The van der Waals surface area contributed by atoms with E-state index in [-0.39, 0.29) is 24.6 Å². The number of anilines is 1. The van der Waals surface area contributed by atoms with Crippen molar-refractivity contribution in [3.8, 4) is 11.8 Å². The number of benzene rings is 2. The summed E-state index contributed by atoms with van der Waals surface area (Å²) in [7, 11) is -1.29. The highest BCUT2D eigenvalue weighted by Crippen LogP contribution is 2.32. The van der Waals surface area contributed by atoms with Gasteiger partial charge in [0, 0.05) is 32.0 Å². The molecule has 0 unspecified atom stereocenters. The van der Waals surface area contributed by atoms with E-state index in [1.807, 2.05) is 10.6 Å². The molecular weight excluding hydrogens is 574 g/mol. The third-order valence-electron chi connectivity index (χ3n) is 7.06. The number of para-hydroxylation sites is 1. The highest BCUT2D eigenvalue weighted by molar-refractivity contribution is 6.76. The molecular formula is C33H43N5O5Si. The Morgan fingerprint density at radius 3 is 2.57 bits per heavy atom. The van der Waals surface area contributed by atoms with Crippen LogP contribution in [-0.2, 0) is 27.5 Å². The van der Waals surface area contributed by atoms with Gasteiger partial charge < -0.3 is 29.5 Å². The second kappa shape index (κ2) is 13.7. The van der Waals surface area contributed by atoms with E-state index in [0.717, 1.165) is 24.4 Å². The van der Waals surface area contributed by atoms with Gasteiger partial charge in [-0.1, -0.05) is 31.8 Å². The first kappa shape index (κ1) is 32.9. The third kappa shape index (κ3) is 9.24. The zero-order valence-electron chi connectivity index (χ0n) is 26.6. The van der Waals surface area contributed by atoms with Gasteiger partial charge in [-0.15, -0.1) is 0 Å². The topological polar surface area (TPSA) is 139 Å².